The fraction of sp³-hybridized carbons (Fsp3) is 0.625. The predicted octanol–water partition coefficient (Wildman–Crippen LogP) is 0.630. The Hall–Kier alpha value is -1.26. The van der Waals surface area contributed by atoms with Crippen molar-refractivity contribution in [2.75, 3.05) is 63.6 Å². The zero-order chi connectivity index (χ0) is 18.1. The predicted molar refractivity (Wildman–Crippen MR) is 102 cm³/mol. The van der Waals surface area contributed by atoms with Crippen LogP contribution in [0.5, 0.6) is 0 Å². The van der Waals surface area contributed by atoms with E-state index >= 15 is 0 Å². The Morgan fingerprint density at radius 2 is 1.92 bits per heavy atom. The topological polar surface area (TPSA) is 66.2 Å². The molecule has 142 valence electrons. The molecule has 0 spiro atoms. The molecule has 2 aliphatic heterocycles. The lowest BCUT2D eigenvalue weighted by Crippen LogP contribution is -2.46. The van der Waals surface area contributed by atoms with Gasteiger partial charge in [-0.25, -0.2) is 13.0 Å². The molecule has 4 rings (SSSR count). The third-order valence-corrected chi connectivity index (χ3v) is 6.14. The number of hydrogen-bond donors (Lipinski definition) is 0. The van der Waals surface area contributed by atoms with Gasteiger partial charge in [-0.15, -0.1) is 5.10 Å². The van der Waals surface area contributed by atoms with Gasteiger partial charge >= 0.3 is 0 Å². The summed E-state index contributed by atoms with van der Waals surface area (Å²) in [4.78, 5) is 9.04. The average molecular weight is 399 g/mol. The summed E-state index contributed by atoms with van der Waals surface area (Å²) in [6, 6.07) is 2.14. The molecular weight excluding hydrogens is 376 g/mol. The van der Waals surface area contributed by atoms with Gasteiger partial charge in [0, 0.05) is 58.3 Å². The van der Waals surface area contributed by atoms with Crippen molar-refractivity contribution in [2.45, 2.75) is 6.54 Å². The van der Waals surface area contributed by atoms with Crippen molar-refractivity contribution in [1.82, 2.24) is 23.8 Å². The number of aromatic nitrogens is 3. The minimum atomic E-state index is -0.881. The van der Waals surface area contributed by atoms with Gasteiger partial charge in [-0.05, 0) is 23.2 Å². The Labute approximate surface area is 160 Å². The first-order valence-corrected chi connectivity index (χ1v) is 10.7. The van der Waals surface area contributed by atoms with Crippen LogP contribution < -0.4 is 4.90 Å². The molecule has 1 unspecified atom stereocenters. The van der Waals surface area contributed by atoms with Gasteiger partial charge in [0.2, 0.25) is 5.28 Å². The summed E-state index contributed by atoms with van der Waals surface area (Å²) in [6.45, 7) is 7.34. The van der Waals surface area contributed by atoms with Crippen molar-refractivity contribution >= 4 is 33.9 Å². The highest BCUT2D eigenvalue weighted by molar-refractivity contribution is 7.81. The first-order valence-electron chi connectivity index (χ1n) is 8.78. The summed E-state index contributed by atoms with van der Waals surface area (Å²) in [5.74, 6) is 0.866. The van der Waals surface area contributed by atoms with Crippen LogP contribution in [0.3, 0.4) is 0 Å². The quantitative estimate of drug-likeness (QED) is 0.752. The van der Waals surface area contributed by atoms with Crippen molar-refractivity contribution in [3.8, 4) is 0 Å². The number of ether oxygens (including phenoxy) is 1. The largest absolute Gasteiger partial charge is 0.378 e. The van der Waals surface area contributed by atoms with Gasteiger partial charge in [0.05, 0.1) is 24.2 Å². The van der Waals surface area contributed by atoms with E-state index < -0.39 is 11.0 Å². The van der Waals surface area contributed by atoms with Crippen LogP contribution in [0.15, 0.2) is 12.3 Å². The Balaban J connectivity index is 1.53. The molecule has 26 heavy (non-hydrogen) atoms. The molecule has 2 aromatic rings. The van der Waals surface area contributed by atoms with Gasteiger partial charge in [-0.1, -0.05) is 0 Å². The molecule has 1 atom stereocenters. The van der Waals surface area contributed by atoms with E-state index in [9.17, 15) is 4.21 Å². The zero-order valence-corrected chi connectivity index (χ0v) is 16.4. The monoisotopic (exact) mass is 398 g/mol. The van der Waals surface area contributed by atoms with Crippen molar-refractivity contribution in [3.05, 3.63) is 23.1 Å². The van der Waals surface area contributed by atoms with Crippen LogP contribution in [-0.4, -0.2) is 86.8 Å². The van der Waals surface area contributed by atoms with Crippen molar-refractivity contribution < 1.29 is 8.95 Å². The number of hydrogen-bond acceptors (Lipinski definition) is 6. The van der Waals surface area contributed by atoms with E-state index in [1.165, 1.54) is 5.56 Å². The van der Waals surface area contributed by atoms with E-state index in [2.05, 4.69) is 25.9 Å². The molecule has 0 amide bonds. The smallest absolute Gasteiger partial charge is 0.243 e. The molecule has 0 radical (unpaired) electrons. The molecule has 0 N–H and O–H groups in total. The maximum absolute atomic E-state index is 11.6. The minimum absolute atomic E-state index is 0.250. The van der Waals surface area contributed by atoms with Gasteiger partial charge in [0.15, 0.2) is 5.82 Å². The number of fused-ring (bicyclic) bond motifs is 1. The fourth-order valence-corrected chi connectivity index (χ4v) is 4.35. The van der Waals surface area contributed by atoms with Crippen molar-refractivity contribution in [2.24, 2.45) is 0 Å². The molecule has 0 saturated carbocycles. The van der Waals surface area contributed by atoms with Crippen molar-refractivity contribution in [3.63, 3.8) is 0 Å². The number of morpholine rings is 1. The lowest BCUT2D eigenvalue weighted by Gasteiger charge is -2.32. The van der Waals surface area contributed by atoms with E-state index in [0.29, 0.717) is 13.2 Å². The molecule has 4 heterocycles. The highest BCUT2D eigenvalue weighted by atomic mass is 35.5. The van der Waals surface area contributed by atoms with Gasteiger partial charge < -0.3 is 9.64 Å². The second-order valence-corrected chi connectivity index (χ2v) is 8.31. The molecule has 10 heteroatoms. The van der Waals surface area contributed by atoms with E-state index in [1.54, 1.807) is 6.26 Å². The summed E-state index contributed by atoms with van der Waals surface area (Å²) in [6.07, 6.45) is 3.77. The summed E-state index contributed by atoms with van der Waals surface area (Å²) in [5, 5.41) is 4.58. The number of nitrogens with zero attached hydrogens (tertiary/aromatic N) is 6. The third-order valence-electron chi connectivity index (χ3n) is 4.89. The van der Waals surface area contributed by atoms with Crippen LogP contribution in [0.1, 0.15) is 5.56 Å². The van der Waals surface area contributed by atoms with E-state index in [0.717, 1.165) is 57.1 Å². The van der Waals surface area contributed by atoms with Crippen molar-refractivity contribution in [1.29, 1.82) is 0 Å². The number of halogens is 1. The Morgan fingerprint density at radius 3 is 2.62 bits per heavy atom. The Kier molecular flexibility index (Phi) is 5.42. The molecule has 2 fully saturated rings. The van der Waals surface area contributed by atoms with Gasteiger partial charge in [0.1, 0.15) is 5.52 Å². The van der Waals surface area contributed by atoms with E-state index in [-0.39, 0.29) is 5.28 Å². The van der Waals surface area contributed by atoms with Gasteiger partial charge in [-0.2, -0.15) is 4.98 Å². The van der Waals surface area contributed by atoms with E-state index in [1.807, 2.05) is 15.0 Å². The third kappa shape index (κ3) is 3.86. The number of piperazine rings is 1. The first kappa shape index (κ1) is 18.1. The van der Waals surface area contributed by atoms with Gasteiger partial charge in [0.25, 0.3) is 0 Å². The molecule has 0 aliphatic carbocycles. The highest BCUT2D eigenvalue weighted by Gasteiger charge is 2.21. The highest BCUT2D eigenvalue weighted by Crippen LogP contribution is 2.24. The minimum Gasteiger partial charge on any atom is -0.378 e. The number of rotatable bonds is 4. The van der Waals surface area contributed by atoms with Crippen LogP contribution in [0.25, 0.3) is 5.52 Å². The molecular formula is C16H23ClN6O2S. The molecule has 2 aliphatic rings. The average Bonchev–Trinajstić information content (AvgIpc) is 3.04. The van der Waals surface area contributed by atoms with Gasteiger partial charge in [-0.3, -0.25) is 4.90 Å². The fourth-order valence-electron chi connectivity index (χ4n) is 3.51. The lowest BCUT2D eigenvalue weighted by atomic mass is 10.2. The molecule has 2 aromatic heterocycles. The Bertz CT molecular complexity index is 801. The summed E-state index contributed by atoms with van der Waals surface area (Å²) in [7, 11) is -0.881. The van der Waals surface area contributed by atoms with Crippen LogP contribution in [-0.2, 0) is 22.3 Å². The van der Waals surface area contributed by atoms with E-state index in [4.69, 9.17) is 16.3 Å². The molecule has 0 bridgehead atoms. The Morgan fingerprint density at radius 1 is 1.19 bits per heavy atom. The molecule has 2 saturated heterocycles. The number of anilines is 1. The normalized spacial score (nSPS) is 21.4. The summed E-state index contributed by atoms with van der Waals surface area (Å²) < 4.78 is 20.8. The van der Waals surface area contributed by atoms with Crippen LogP contribution in [0, 0.1) is 0 Å². The second-order valence-electron chi connectivity index (χ2n) is 6.61. The van der Waals surface area contributed by atoms with Crippen LogP contribution >= 0.6 is 11.6 Å². The SMILES string of the molecule is CS(=O)N1CCN(Cc2cc3c(N4CCOCC4)nc(Cl)nn3c2)CC1. The van der Waals surface area contributed by atoms with Crippen LogP contribution in [0.2, 0.25) is 5.28 Å². The summed E-state index contributed by atoms with van der Waals surface area (Å²) >= 11 is 6.14. The lowest BCUT2D eigenvalue weighted by molar-refractivity contribution is 0.122. The molecule has 0 aromatic carbocycles. The first-order chi connectivity index (χ1) is 12.6. The maximum atomic E-state index is 11.6. The van der Waals surface area contributed by atoms with Crippen LogP contribution in [0.4, 0.5) is 5.82 Å². The maximum Gasteiger partial charge on any atom is 0.243 e. The summed E-state index contributed by atoms with van der Waals surface area (Å²) in [5.41, 5.74) is 2.15. The molecule has 8 nitrogen and oxygen atoms in total. The second kappa shape index (κ2) is 7.77. The standard InChI is InChI=1S/C16H23ClN6O2S/c1-26(24)22-4-2-20(3-5-22)11-13-10-14-15(21-6-8-25-9-7-21)18-16(17)19-23(14)12-13/h10,12H,2-9,11H2,1H3. The zero-order valence-electron chi connectivity index (χ0n) is 14.8.